The molecule has 314 valence electrons. The highest BCUT2D eigenvalue weighted by molar-refractivity contribution is 6.37. The van der Waals surface area contributed by atoms with Gasteiger partial charge in [-0.25, -0.2) is 9.80 Å². The summed E-state index contributed by atoms with van der Waals surface area (Å²) in [6.07, 6.45) is 0.596. The number of nitrogens with zero attached hydrogens (tertiary/aromatic N) is 3. The number of rotatable bonds is 9. The Bertz CT molecular complexity index is 3580. The van der Waals surface area contributed by atoms with E-state index in [4.69, 9.17) is 0 Å². The number of imide groups is 2. The van der Waals surface area contributed by atoms with Crippen molar-refractivity contribution >= 4 is 57.3 Å². The van der Waals surface area contributed by atoms with E-state index in [1.54, 1.807) is 12.1 Å². The van der Waals surface area contributed by atoms with Crippen LogP contribution in [0.15, 0.2) is 212 Å². The minimum absolute atomic E-state index is 0.349. The van der Waals surface area contributed by atoms with Crippen LogP contribution in [0.25, 0.3) is 72.0 Å². The number of aromatic nitrogens is 1. The lowest BCUT2D eigenvalue weighted by molar-refractivity contribution is -0.106. The van der Waals surface area contributed by atoms with Crippen molar-refractivity contribution in [2.45, 2.75) is 6.92 Å². The van der Waals surface area contributed by atoms with Gasteiger partial charge < -0.3 is 4.57 Å². The fraction of sp³-hybridized carbons (Fsp3) is 0.0169. The number of para-hydroxylation sites is 3. The second kappa shape index (κ2) is 16.3. The van der Waals surface area contributed by atoms with Crippen molar-refractivity contribution in [3.63, 3.8) is 0 Å². The molecule has 0 atom stereocenters. The van der Waals surface area contributed by atoms with Crippen molar-refractivity contribution < 1.29 is 19.2 Å². The Morgan fingerprint density at radius 3 is 1.65 bits per heavy atom. The zero-order chi connectivity index (χ0) is 44.9. The van der Waals surface area contributed by atoms with Crippen molar-refractivity contribution in [3.8, 4) is 50.2 Å². The summed E-state index contributed by atoms with van der Waals surface area (Å²) in [4.78, 5) is 59.3. The maximum Gasteiger partial charge on any atom is 0.266 e. The van der Waals surface area contributed by atoms with E-state index in [2.05, 4.69) is 41.0 Å². The fourth-order valence-electron chi connectivity index (χ4n) is 9.56. The van der Waals surface area contributed by atoms with Gasteiger partial charge in [0.15, 0.2) is 0 Å². The Morgan fingerprint density at radius 2 is 0.985 bits per heavy atom. The van der Waals surface area contributed by atoms with E-state index >= 15 is 0 Å². The highest BCUT2D eigenvalue weighted by Crippen LogP contribution is 2.43. The number of carbonyl (C=O) groups is 4. The van der Waals surface area contributed by atoms with Crippen molar-refractivity contribution in [2.24, 2.45) is 0 Å². The number of amides is 4. The molecule has 1 aliphatic rings. The number of anilines is 2. The molecule has 11 rings (SSSR count). The van der Waals surface area contributed by atoms with Crippen LogP contribution in [0.4, 0.5) is 11.4 Å². The minimum Gasteiger partial charge on any atom is -0.309 e. The summed E-state index contributed by atoms with van der Waals surface area (Å²) in [7, 11) is 0. The maximum atomic E-state index is 14.8. The minimum atomic E-state index is -0.437. The second-order valence-electron chi connectivity index (χ2n) is 16.4. The topological polar surface area (TPSA) is 79.7 Å². The first-order valence-electron chi connectivity index (χ1n) is 21.7. The van der Waals surface area contributed by atoms with Gasteiger partial charge in [-0.2, -0.15) is 0 Å². The Balaban J connectivity index is 1.05. The molecule has 1 aromatic heterocycles. The van der Waals surface area contributed by atoms with Gasteiger partial charge >= 0.3 is 0 Å². The zero-order valence-corrected chi connectivity index (χ0v) is 35.8. The Morgan fingerprint density at radius 1 is 0.470 bits per heavy atom. The van der Waals surface area contributed by atoms with Gasteiger partial charge in [0.1, 0.15) is 0 Å². The highest BCUT2D eigenvalue weighted by Gasteiger charge is 2.40. The molecule has 0 saturated heterocycles. The molecule has 0 unspecified atom stereocenters. The molecule has 0 fully saturated rings. The molecule has 0 bridgehead atoms. The number of benzene rings is 9. The monoisotopic (exact) mass is 853 g/mol. The lowest BCUT2D eigenvalue weighted by Gasteiger charge is -2.22. The van der Waals surface area contributed by atoms with Gasteiger partial charge in [0.25, 0.3) is 17.7 Å². The van der Waals surface area contributed by atoms with Crippen LogP contribution >= 0.6 is 0 Å². The average Bonchev–Trinajstić information content (AvgIpc) is 3.83. The molecule has 0 radical (unpaired) electrons. The summed E-state index contributed by atoms with van der Waals surface area (Å²) in [6.45, 7) is 1.89. The van der Waals surface area contributed by atoms with Crippen LogP contribution in [-0.2, 0) is 4.79 Å². The fourth-order valence-corrected chi connectivity index (χ4v) is 9.56. The molecule has 9 aromatic carbocycles. The van der Waals surface area contributed by atoms with Crippen molar-refractivity contribution in [1.82, 2.24) is 4.57 Å². The number of fused-ring (bicyclic) bond motifs is 4. The summed E-state index contributed by atoms with van der Waals surface area (Å²) in [5.41, 5.74) is 12.0. The van der Waals surface area contributed by atoms with Crippen molar-refractivity contribution in [2.75, 3.05) is 9.80 Å². The summed E-state index contributed by atoms with van der Waals surface area (Å²) < 4.78 is 2.21. The van der Waals surface area contributed by atoms with E-state index < -0.39 is 5.91 Å². The van der Waals surface area contributed by atoms with Gasteiger partial charge in [0, 0.05) is 27.6 Å². The number of carbonyl (C=O) groups excluding carboxylic acids is 4. The normalized spacial score (nSPS) is 12.2. The van der Waals surface area contributed by atoms with Crippen LogP contribution in [0.3, 0.4) is 0 Å². The van der Waals surface area contributed by atoms with E-state index in [0.29, 0.717) is 45.6 Å². The van der Waals surface area contributed by atoms with Gasteiger partial charge in [-0.3, -0.25) is 19.2 Å². The summed E-state index contributed by atoms with van der Waals surface area (Å²) >= 11 is 0. The first-order valence-corrected chi connectivity index (χ1v) is 21.7. The predicted octanol–water partition coefficient (Wildman–Crippen LogP) is 13.4. The predicted molar refractivity (Wildman–Crippen MR) is 264 cm³/mol. The number of aryl methyl sites for hydroxylation is 1. The molecule has 0 spiro atoms. The third-order valence-corrected chi connectivity index (χ3v) is 12.6. The first-order chi connectivity index (χ1) is 32.4. The average molecular weight is 854 g/mol. The first kappa shape index (κ1) is 39.9. The molecule has 0 saturated carbocycles. The van der Waals surface area contributed by atoms with E-state index in [0.717, 1.165) is 66.4 Å². The van der Waals surface area contributed by atoms with Crippen LogP contribution in [-0.4, -0.2) is 28.7 Å². The number of hydrogen-bond donors (Lipinski definition) is 0. The van der Waals surface area contributed by atoms with Crippen molar-refractivity contribution in [1.29, 1.82) is 0 Å². The molecule has 66 heavy (non-hydrogen) atoms. The smallest absolute Gasteiger partial charge is 0.266 e. The van der Waals surface area contributed by atoms with Crippen LogP contribution in [0.5, 0.6) is 0 Å². The van der Waals surface area contributed by atoms with Crippen LogP contribution < -0.4 is 9.80 Å². The quantitative estimate of drug-likeness (QED) is 0.107. The molecule has 7 nitrogen and oxygen atoms in total. The van der Waals surface area contributed by atoms with E-state index in [1.807, 2.05) is 171 Å². The Labute approximate surface area is 381 Å². The lowest BCUT2D eigenvalue weighted by atomic mass is 9.93. The SMILES string of the molecule is Cc1cccc(-c2ccc3c(c2)c2cc(-c4cccc5c4C(=O)N(c4ccccc4-c4ccccc4)C5=O)ccc2n3-c2ccccc2)c1C(=O)N(C=O)c1ccccc1-c1ccccc1. The molecule has 4 amide bonds. The third kappa shape index (κ3) is 6.52. The summed E-state index contributed by atoms with van der Waals surface area (Å²) in [6, 6.07) is 68.1. The van der Waals surface area contributed by atoms with Gasteiger partial charge in [0.2, 0.25) is 6.41 Å². The van der Waals surface area contributed by atoms with Gasteiger partial charge in [-0.1, -0.05) is 158 Å². The Kier molecular flexibility index (Phi) is 9.86. The molecule has 2 heterocycles. The molecular weight excluding hydrogens is 815 g/mol. The van der Waals surface area contributed by atoms with Crippen LogP contribution in [0.2, 0.25) is 0 Å². The summed E-state index contributed by atoms with van der Waals surface area (Å²) in [5.74, 6) is -1.18. The standard InChI is InChI=1S/C59H39N3O4/c1-38-17-15-26-46(55(38)58(65)60(37-63)51-29-13-11-24-44(51)39-18-5-2-6-19-39)41-31-33-53-49(35-41)50-36-42(32-34-54(50)61(53)43-22-9-4-10-23-43)47-27-16-28-48-56(47)59(66)62(57(48)64)52-30-14-12-25-45(52)40-20-7-3-8-21-40/h2-37H,1H3. The van der Waals surface area contributed by atoms with Crippen molar-refractivity contribution in [3.05, 3.63) is 235 Å². The largest absolute Gasteiger partial charge is 0.309 e. The lowest BCUT2D eigenvalue weighted by Crippen LogP contribution is -2.31. The summed E-state index contributed by atoms with van der Waals surface area (Å²) in [5, 5.41) is 1.84. The molecule has 1 aliphatic heterocycles. The zero-order valence-electron chi connectivity index (χ0n) is 35.8. The van der Waals surface area contributed by atoms with Gasteiger partial charge in [0.05, 0.1) is 39.1 Å². The van der Waals surface area contributed by atoms with Gasteiger partial charge in [-0.05, 0) is 100 Å². The Hall–Kier alpha value is -8.94. The maximum absolute atomic E-state index is 14.8. The van der Waals surface area contributed by atoms with Gasteiger partial charge in [-0.15, -0.1) is 0 Å². The molecule has 0 aliphatic carbocycles. The molecule has 10 aromatic rings. The highest BCUT2D eigenvalue weighted by atomic mass is 16.2. The van der Waals surface area contributed by atoms with E-state index in [9.17, 15) is 19.2 Å². The van der Waals surface area contributed by atoms with Crippen LogP contribution in [0, 0.1) is 6.92 Å². The second-order valence-corrected chi connectivity index (χ2v) is 16.4. The molecule has 0 N–H and O–H groups in total. The van der Waals surface area contributed by atoms with Crippen LogP contribution in [0.1, 0.15) is 36.6 Å². The third-order valence-electron chi connectivity index (χ3n) is 12.6. The van der Waals surface area contributed by atoms with E-state index in [-0.39, 0.29) is 11.8 Å². The number of hydrogen-bond acceptors (Lipinski definition) is 4. The molecular formula is C59H39N3O4. The molecule has 7 heteroatoms. The van der Waals surface area contributed by atoms with E-state index in [1.165, 1.54) is 9.80 Å².